The minimum Gasteiger partial charge on any atom is -0.339 e. The van der Waals surface area contributed by atoms with Crippen LogP contribution in [-0.4, -0.2) is 52.1 Å². The molecule has 0 spiro atoms. The van der Waals surface area contributed by atoms with Gasteiger partial charge in [0, 0.05) is 37.8 Å². The van der Waals surface area contributed by atoms with Crippen LogP contribution in [-0.2, 0) is 6.54 Å². The van der Waals surface area contributed by atoms with Gasteiger partial charge in [-0.05, 0) is 44.4 Å². The van der Waals surface area contributed by atoms with E-state index >= 15 is 0 Å². The molecular weight excluding hydrogens is 330 g/mol. The number of hydrogen-bond donors (Lipinski definition) is 2. The fourth-order valence-corrected chi connectivity index (χ4v) is 3.14. The molecule has 1 aliphatic rings. The first-order valence-corrected chi connectivity index (χ1v) is 9.37. The zero-order valence-electron chi connectivity index (χ0n) is 15.5. The summed E-state index contributed by atoms with van der Waals surface area (Å²) >= 11 is 0. The number of fused-ring (bicyclic) bond motifs is 1. The quantitative estimate of drug-likeness (QED) is 0.833. The normalized spacial score (nSPS) is 15.2. The summed E-state index contributed by atoms with van der Waals surface area (Å²) in [7, 11) is 0. The fraction of sp³-hybridized carbons (Fsp3) is 0.526. The number of nitrogens with zero attached hydrogens (tertiary/aromatic N) is 3. The maximum atomic E-state index is 12.5. The number of benzene rings is 1. The molecule has 1 atom stereocenters. The molecule has 0 bridgehead atoms. The number of aromatic nitrogens is 2. The van der Waals surface area contributed by atoms with Crippen LogP contribution in [0.1, 0.15) is 43.5 Å². The summed E-state index contributed by atoms with van der Waals surface area (Å²) in [5.41, 5.74) is 2.46. The van der Waals surface area contributed by atoms with Crippen LogP contribution >= 0.6 is 0 Å². The van der Waals surface area contributed by atoms with Gasteiger partial charge < -0.3 is 20.1 Å². The van der Waals surface area contributed by atoms with E-state index in [0.29, 0.717) is 18.7 Å². The van der Waals surface area contributed by atoms with Crippen molar-refractivity contribution in [2.24, 2.45) is 0 Å². The Hall–Kier alpha value is -2.57. The monoisotopic (exact) mass is 357 g/mol. The number of imidazole rings is 1. The van der Waals surface area contributed by atoms with Crippen molar-refractivity contribution in [1.29, 1.82) is 0 Å². The molecule has 140 valence electrons. The van der Waals surface area contributed by atoms with Gasteiger partial charge in [-0.25, -0.2) is 9.78 Å². The first kappa shape index (κ1) is 18.2. The molecule has 26 heavy (non-hydrogen) atoms. The molecule has 7 nitrogen and oxygen atoms in total. The molecule has 0 aliphatic carbocycles. The van der Waals surface area contributed by atoms with E-state index in [0.717, 1.165) is 43.4 Å². The van der Waals surface area contributed by atoms with Gasteiger partial charge in [0.15, 0.2) is 0 Å². The summed E-state index contributed by atoms with van der Waals surface area (Å²) in [5.74, 6) is 0.0855. The van der Waals surface area contributed by atoms with Crippen molar-refractivity contribution in [3.05, 3.63) is 30.1 Å². The zero-order valence-corrected chi connectivity index (χ0v) is 15.5. The van der Waals surface area contributed by atoms with Crippen LogP contribution in [0.25, 0.3) is 11.0 Å². The number of amides is 3. The van der Waals surface area contributed by atoms with Crippen LogP contribution in [0.15, 0.2) is 24.5 Å². The number of nitrogens with one attached hydrogen (secondary N) is 2. The Morgan fingerprint density at radius 1 is 1.27 bits per heavy atom. The highest BCUT2D eigenvalue weighted by atomic mass is 16.2. The Morgan fingerprint density at radius 2 is 2.04 bits per heavy atom. The van der Waals surface area contributed by atoms with Crippen LogP contribution in [0.5, 0.6) is 0 Å². The van der Waals surface area contributed by atoms with Gasteiger partial charge in [0.05, 0.1) is 17.4 Å². The lowest BCUT2D eigenvalue weighted by atomic mass is 10.1. The molecule has 2 aromatic rings. The van der Waals surface area contributed by atoms with E-state index in [9.17, 15) is 9.59 Å². The standard InChI is InChI=1S/C19H27N5O2/c1-3-14(2)22-19(26)20-8-11-24-13-21-16-12-15(6-7-17(16)24)18(25)23-9-4-5-10-23/h6-7,12-14H,3-5,8-11H2,1-2H3,(H2,20,22,26). The van der Waals surface area contributed by atoms with Crippen molar-refractivity contribution in [1.82, 2.24) is 25.1 Å². The third-order valence-electron chi connectivity index (χ3n) is 4.89. The third-order valence-corrected chi connectivity index (χ3v) is 4.89. The van der Waals surface area contributed by atoms with Crippen LogP contribution in [0.3, 0.4) is 0 Å². The van der Waals surface area contributed by atoms with E-state index in [2.05, 4.69) is 15.6 Å². The summed E-state index contributed by atoms with van der Waals surface area (Å²) in [6.07, 6.45) is 4.82. The smallest absolute Gasteiger partial charge is 0.315 e. The van der Waals surface area contributed by atoms with Gasteiger partial charge >= 0.3 is 6.03 Å². The van der Waals surface area contributed by atoms with Gasteiger partial charge in [-0.15, -0.1) is 0 Å². The predicted octanol–water partition coefficient (Wildman–Crippen LogP) is 2.37. The van der Waals surface area contributed by atoms with Gasteiger partial charge in [0.2, 0.25) is 0 Å². The Bertz CT molecular complexity index is 779. The van der Waals surface area contributed by atoms with Crippen molar-refractivity contribution in [2.75, 3.05) is 19.6 Å². The second-order valence-corrected chi connectivity index (χ2v) is 6.85. The lowest BCUT2D eigenvalue weighted by Gasteiger charge is -2.15. The summed E-state index contributed by atoms with van der Waals surface area (Å²) in [6, 6.07) is 5.67. The van der Waals surface area contributed by atoms with Gasteiger partial charge in [-0.3, -0.25) is 4.79 Å². The van der Waals surface area contributed by atoms with Crippen LogP contribution in [0, 0.1) is 0 Å². The molecule has 1 saturated heterocycles. The number of urea groups is 1. The molecule has 7 heteroatoms. The lowest BCUT2D eigenvalue weighted by molar-refractivity contribution is 0.0793. The highest BCUT2D eigenvalue weighted by molar-refractivity contribution is 5.97. The molecule has 0 radical (unpaired) electrons. The minimum absolute atomic E-state index is 0.0855. The van der Waals surface area contributed by atoms with Crippen molar-refractivity contribution < 1.29 is 9.59 Å². The SMILES string of the molecule is CCC(C)NC(=O)NCCn1cnc2cc(C(=O)N3CCCC3)ccc21. The first-order chi connectivity index (χ1) is 12.6. The molecule has 3 rings (SSSR count). The molecule has 1 aromatic carbocycles. The third kappa shape index (κ3) is 4.15. The van der Waals surface area contributed by atoms with Crippen molar-refractivity contribution in [3.8, 4) is 0 Å². The zero-order chi connectivity index (χ0) is 18.5. The second-order valence-electron chi connectivity index (χ2n) is 6.85. The van der Waals surface area contributed by atoms with Gasteiger partial charge in [-0.2, -0.15) is 0 Å². The molecule has 2 N–H and O–H groups in total. The maximum absolute atomic E-state index is 12.5. The molecule has 1 fully saturated rings. The molecule has 1 aliphatic heterocycles. The Kier molecular flexibility index (Phi) is 5.75. The number of carbonyl (C=O) groups excluding carboxylic acids is 2. The predicted molar refractivity (Wildman–Crippen MR) is 101 cm³/mol. The van der Waals surface area contributed by atoms with Crippen LogP contribution < -0.4 is 10.6 Å². The lowest BCUT2D eigenvalue weighted by Crippen LogP contribution is -2.41. The average Bonchev–Trinajstić information content (AvgIpc) is 3.30. The van der Waals surface area contributed by atoms with Crippen molar-refractivity contribution in [3.63, 3.8) is 0 Å². The largest absolute Gasteiger partial charge is 0.339 e. The van der Waals surface area contributed by atoms with E-state index in [1.165, 1.54) is 0 Å². The van der Waals surface area contributed by atoms with E-state index < -0.39 is 0 Å². The Balaban J connectivity index is 1.60. The van der Waals surface area contributed by atoms with E-state index in [-0.39, 0.29) is 18.0 Å². The minimum atomic E-state index is -0.151. The summed E-state index contributed by atoms with van der Waals surface area (Å²) in [4.78, 5) is 30.6. The van der Waals surface area contributed by atoms with Crippen molar-refractivity contribution in [2.45, 2.75) is 45.7 Å². The molecule has 2 heterocycles. The molecule has 1 aromatic heterocycles. The molecule has 3 amide bonds. The topological polar surface area (TPSA) is 79.3 Å². The maximum Gasteiger partial charge on any atom is 0.315 e. The van der Waals surface area contributed by atoms with Gasteiger partial charge in [-0.1, -0.05) is 6.92 Å². The van der Waals surface area contributed by atoms with E-state index in [4.69, 9.17) is 0 Å². The molecule has 0 saturated carbocycles. The number of rotatable bonds is 6. The Labute approximate surface area is 153 Å². The first-order valence-electron chi connectivity index (χ1n) is 9.37. The second kappa shape index (κ2) is 8.21. The number of likely N-dealkylation sites (tertiary alicyclic amines) is 1. The van der Waals surface area contributed by atoms with Crippen molar-refractivity contribution >= 4 is 23.0 Å². The molecular formula is C19H27N5O2. The summed E-state index contributed by atoms with van der Waals surface area (Å²) in [5, 5.41) is 5.73. The molecule has 1 unspecified atom stereocenters. The highest BCUT2D eigenvalue weighted by Crippen LogP contribution is 2.18. The van der Waals surface area contributed by atoms with Gasteiger partial charge in [0.1, 0.15) is 0 Å². The average molecular weight is 357 g/mol. The van der Waals surface area contributed by atoms with Gasteiger partial charge in [0.25, 0.3) is 5.91 Å². The fourth-order valence-electron chi connectivity index (χ4n) is 3.14. The highest BCUT2D eigenvalue weighted by Gasteiger charge is 2.20. The summed E-state index contributed by atoms with van der Waals surface area (Å²) < 4.78 is 1.99. The van der Waals surface area contributed by atoms with E-state index in [1.54, 1.807) is 6.33 Å². The number of carbonyl (C=O) groups is 2. The summed E-state index contributed by atoms with van der Waals surface area (Å²) in [6.45, 7) is 6.84. The van der Waals surface area contributed by atoms with Crippen LogP contribution in [0.4, 0.5) is 4.79 Å². The number of hydrogen-bond acceptors (Lipinski definition) is 3. The van der Waals surface area contributed by atoms with E-state index in [1.807, 2.05) is 41.5 Å². The Morgan fingerprint density at radius 3 is 2.77 bits per heavy atom. The van der Waals surface area contributed by atoms with Crippen LogP contribution in [0.2, 0.25) is 0 Å².